The molecule has 2 aromatic carbocycles. The second-order valence-electron chi connectivity index (χ2n) is 8.90. The average Bonchev–Trinajstić information content (AvgIpc) is 2.82. The van der Waals surface area contributed by atoms with Gasteiger partial charge in [-0.1, -0.05) is 42.5 Å². The number of carbonyl (C=O) groups excluding carboxylic acids is 1. The van der Waals surface area contributed by atoms with Gasteiger partial charge in [0.15, 0.2) is 0 Å². The Hall–Kier alpha value is -2.37. The summed E-state index contributed by atoms with van der Waals surface area (Å²) in [6.07, 6.45) is 4.03. The van der Waals surface area contributed by atoms with Gasteiger partial charge in [-0.15, -0.1) is 0 Å². The van der Waals surface area contributed by atoms with E-state index in [0.29, 0.717) is 19.1 Å². The molecule has 2 aromatic rings. The Morgan fingerprint density at radius 3 is 2.78 bits per heavy atom. The fourth-order valence-corrected chi connectivity index (χ4v) is 5.00. The molecule has 0 spiro atoms. The maximum absolute atomic E-state index is 12.1. The number of carbonyl (C=O) groups is 1. The maximum atomic E-state index is 12.1. The van der Waals surface area contributed by atoms with Gasteiger partial charge in [-0.05, 0) is 67.8 Å². The van der Waals surface area contributed by atoms with Gasteiger partial charge in [0.2, 0.25) is 0 Å². The minimum Gasteiger partial charge on any atom is -0.466 e. The van der Waals surface area contributed by atoms with Gasteiger partial charge in [0.1, 0.15) is 0 Å². The van der Waals surface area contributed by atoms with Gasteiger partial charge in [-0.3, -0.25) is 4.79 Å². The van der Waals surface area contributed by atoms with Crippen LogP contribution in [0.4, 0.5) is 5.69 Å². The van der Waals surface area contributed by atoms with E-state index in [9.17, 15) is 4.79 Å². The number of para-hydroxylation sites is 1. The second-order valence-corrected chi connectivity index (χ2v) is 8.90. The van der Waals surface area contributed by atoms with E-state index in [1.54, 1.807) is 0 Å². The lowest BCUT2D eigenvalue weighted by Crippen LogP contribution is -2.40. The molecule has 5 heteroatoms. The van der Waals surface area contributed by atoms with Crippen LogP contribution in [0.5, 0.6) is 0 Å². The van der Waals surface area contributed by atoms with Gasteiger partial charge in [-0.25, -0.2) is 0 Å². The Morgan fingerprint density at radius 1 is 1.09 bits per heavy atom. The van der Waals surface area contributed by atoms with E-state index in [-0.39, 0.29) is 11.9 Å². The van der Waals surface area contributed by atoms with Crippen LogP contribution in [0.25, 0.3) is 0 Å². The first kappa shape index (κ1) is 22.8. The summed E-state index contributed by atoms with van der Waals surface area (Å²) in [6.45, 7) is 7.37. The van der Waals surface area contributed by atoms with Crippen LogP contribution in [-0.2, 0) is 27.2 Å². The second kappa shape index (κ2) is 11.5. The zero-order valence-electron chi connectivity index (χ0n) is 19.2. The molecule has 0 radical (unpaired) electrons. The number of esters is 1. The Labute approximate surface area is 192 Å². The first-order valence-corrected chi connectivity index (χ1v) is 12.1. The predicted octanol–water partition coefficient (Wildman–Crippen LogP) is 4.62. The van der Waals surface area contributed by atoms with Gasteiger partial charge >= 0.3 is 5.97 Å². The van der Waals surface area contributed by atoms with Crippen molar-refractivity contribution in [3.8, 4) is 0 Å². The van der Waals surface area contributed by atoms with Gasteiger partial charge in [0.05, 0.1) is 19.1 Å². The third kappa shape index (κ3) is 5.90. The number of anilines is 1. The van der Waals surface area contributed by atoms with Crippen LogP contribution in [0, 0.1) is 5.92 Å². The van der Waals surface area contributed by atoms with Crippen LogP contribution in [-0.4, -0.2) is 50.3 Å². The number of benzene rings is 2. The van der Waals surface area contributed by atoms with Crippen molar-refractivity contribution in [1.29, 1.82) is 0 Å². The smallest absolute Gasteiger partial charge is 0.310 e. The van der Waals surface area contributed by atoms with E-state index in [1.807, 2.05) is 6.92 Å². The molecular formula is C27H36N2O3. The molecule has 2 heterocycles. The highest BCUT2D eigenvalue weighted by molar-refractivity contribution is 5.72. The molecule has 1 fully saturated rings. The van der Waals surface area contributed by atoms with Crippen molar-refractivity contribution in [1.82, 2.24) is 4.90 Å². The van der Waals surface area contributed by atoms with Crippen molar-refractivity contribution in [2.24, 2.45) is 5.92 Å². The zero-order chi connectivity index (χ0) is 22.2. The van der Waals surface area contributed by atoms with Crippen molar-refractivity contribution < 1.29 is 14.3 Å². The van der Waals surface area contributed by atoms with Crippen molar-refractivity contribution in [2.75, 3.05) is 44.8 Å². The molecule has 1 saturated heterocycles. The van der Waals surface area contributed by atoms with E-state index in [4.69, 9.17) is 9.47 Å². The monoisotopic (exact) mass is 436 g/mol. The quantitative estimate of drug-likeness (QED) is 0.483. The van der Waals surface area contributed by atoms with Crippen LogP contribution in [0.15, 0.2) is 48.5 Å². The molecule has 0 aromatic heterocycles. The normalized spacial score (nSPS) is 20.9. The van der Waals surface area contributed by atoms with Crippen molar-refractivity contribution in [2.45, 2.75) is 45.1 Å². The van der Waals surface area contributed by atoms with Crippen LogP contribution in [0.3, 0.4) is 0 Å². The number of likely N-dealkylation sites (tertiary alicyclic amines) is 1. The van der Waals surface area contributed by atoms with Crippen molar-refractivity contribution in [3.05, 3.63) is 65.2 Å². The predicted molar refractivity (Wildman–Crippen MR) is 128 cm³/mol. The molecule has 4 rings (SSSR count). The summed E-state index contributed by atoms with van der Waals surface area (Å²) >= 11 is 0. The average molecular weight is 437 g/mol. The summed E-state index contributed by atoms with van der Waals surface area (Å²) in [5, 5.41) is 3.63. The standard InChI is InChI=1S/C27H36N2O3/c1-2-32-27(30)24-10-7-14-29(20-24)15-17-31-16-13-22-18-21-8-3-4-9-23(21)19-28-26-12-6-5-11-25(22)26/h3-6,8-9,11-12,22,24,28H,2,7,10,13-20H2,1H3/t22?,24-/m1/s1. The van der Waals surface area contributed by atoms with Crippen molar-refractivity contribution >= 4 is 11.7 Å². The number of piperidine rings is 1. The van der Waals surface area contributed by atoms with Crippen LogP contribution in [0.1, 0.15) is 48.8 Å². The molecule has 0 saturated carbocycles. The molecule has 32 heavy (non-hydrogen) atoms. The summed E-state index contributed by atoms with van der Waals surface area (Å²) in [5.41, 5.74) is 5.44. The number of nitrogens with zero attached hydrogens (tertiary/aromatic N) is 1. The minimum atomic E-state index is -0.0463. The summed E-state index contributed by atoms with van der Waals surface area (Å²) in [5.74, 6) is 0.404. The lowest BCUT2D eigenvalue weighted by atomic mass is 9.85. The zero-order valence-corrected chi connectivity index (χ0v) is 19.2. The fraction of sp³-hybridized carbons (Fsp3) is 0.519. The molecule has 1 unspecified atom stereocenters. The summed E-state index contributed by atoms with van der Waals surface area (Å²) in [4.78, 5) is 14.4. The molecule has 0 aliphatic carbocycles. The van der Waals surface area contributed by atoms with Gasteiger partial charge in [0.25, 0.3) is 0 Å². The summed E-state index contributed by atoms with van der Waals surface area (Å²) < 4.78 is 11.3. The Kier molecular flexibility index (Phi) is 8.18. The molecule has 2 aliphatic rings. The third-order valence-electron chi connectivity index (χ3n) is 6.74. The lowest BCUT2D eigenvalue weighted by Gasteiger charge is -2.31. The molecule has 1 N–H and O–H groups in total. The molecule has 2 aliphatic heterocycles. The Bertz CT molecular complexity index is 885. The summed E-state index contributed by atoms with van der Waals surface area (Å²) in [6, 6.07) is 17.4. The lowest BCUT2D eigenvalue weighted by molar-refractivity contribution is -0.150. The number of ether oxygens (including phenoxy) is 2. The number of fused-ring (bicyclic) bond motifs is 2. The van der Waals surface area contributed by atoms with Crippen LogP contribution in [0.2, 0.25) is 0 Å². The maximum Gasteiger partial charge on any atom is 0.310 e. The van der Waals surface area contributed by atoms with E-state index in [1.165, 1.54) is 22.4 Å². The Morgan fingerprint density at radius 2 is 1.91 bits per heavy atom. The van der Waals surface area contributed by atoms with E-state index in [0.717, 1.165) is 58.5 Å². The number of rotatable bonds is 8. The Balaban J connectivity index is 1.28. The largest absolute Gasteiger partial charge is 0.466 e. The minimum absolute atomic E-state index is 0.0164. The first-order valence-electron chi connectivity index (χ1n) is 12.1. The third-order valence-corrected chi connectivity index (χ3v) is 6.74. The van der Waals surface area contributed by atoms with Crippen LogP contribution >= 0.6 is 0 Å². The molecule has 172 valence electrons. The summed E-state index contributed by atoms with van der Waals surface area (Å²) in [7, 11) is 0. The van der Waals surface area contributed by atoms with Gasteiger partial charge in [-0.2, -0.15) is 0 Å². The first-order chi connectivity index (χ1) is 15.7. The highest BCUT2D eigenvalue weighted by Crippen LogP contribution is 2.33. The SMILES string of the molecule is CCOC(=O)[C@@H]1CCCN(CCOCCC2Cc3ccccc3CNc3ccccc32)C1. The van der Waals surface area contributed by atoms with Crippen molar-refractivity contribution in [3.63, 3.8) is 0 Å². The van der Waals surface area contributed by atoms with E-state index < -0.39 is 0 Å². The fourth-order valence-electron chi connectivity index (χ4n) is 5.00. The van der Waals surface area contributed by atoms with E-state index >= 15 is 0 Å². The van der Waals surface area contributed by atoms with Crippen LogP contribution < -0.4 is 5.32 Å². The highest BCUT2D eigenvalue weighted by atomic mass is 16.5. The topological polar surface area (TPSA) is 50.8 Å². The van der Waals surface area contributed by atoms with Gasteiger partial charge < -0.3 is 19.7 Å². The molecule has 5 nitrogen and oxygen atoms in total. The highest BCUT2D eigenvalue weighted by Gasteiger charge is 2.26. The van der Waals surface area contributed by atoms with Gasteiger partial charge in [0, 0.05) is 31.9 Å². The molecule has 2 atom stereocenters. The number of nitrogens with one attached hydrogen (secondary N) is 1. The molecule has 0 amide bonds. The number of hydrogen-bond acceptors (Lipinski definition) is 5. The molecular weight excluding hydrogens is 400 g/mol. The number of hydrogen-bond donors (Lipinski definition) is 1. The van der Waals surface area contributed by atoms with E-state index in [2.05, 4.69) is 58.7 Å². The molecule has 0 bridgehead atoms.